The van der Waals surface area contributed by atoms with Crippen LogP contribution in [0.25, 0.3) is 0 Å². The van der Waals surface area contributed by atoms with E-state index < -0.39 is 0 Å². The smallest absolute Gasteiger partial charge is 0.321 e. The monoisotopic (exact) mass is 438 g/mol. The quantitative estimate of drug-likeness (QED) is 0.721. The molecule has 8 heteroatoms. The molecule has 0 bridgehead atoms. The first kappa shape index (κ1) is 22.0. The van der Waals surface area contributed by atoms with Crippen molar-refractivity contribution in [2.45, 2.75) is 51.9 Å². The predicted octanol–water partition coefficient (Wildman–Crippen LogP) is 4.22. The molecular weight excluding hydrogens is 408 g/mol. The highest BCUT2D eigenvalue weighted by molar-refractivity contribution is 5.96. The number of aryl methyl sites for hydroxylation is 1. The van der Waals surface area contributed by atoms with Gasteiger partial charge in [-0.25, -0.2) is 9.78 Å². The second-order valence-electron chi connectivity index (χ2n) is 8.64. The number of carbonyl (C=O) groups excluding carboxylic acids is 3. The topological polar surface area (TPSA) is 95.8 Å². The Hall–Kier alpha value is -3.16. The number of rotatable bonds is 4. The maximum Gasteiger partial charge on any atom is 0.321 e. The van der Waals surface area contributed by atoms with Gasteiger partial charge in [0, 0.05) is 43.3 Å². The van der Waals surface area contributed by atoms with Gasteiger partial charge in [-0.2, -0.15) is 0 Å². The fraction of sp³-hybridized carbons (Fsp3) is 0.500. The molecule has 3 amide bonds. The van der Waals surface area contributed by atoms with Crippen LogP contribution < -0.4 is 5.32 Å². The second-order valence-corrected chi connectivity index (χ2v) is 8.64. The number of hydrogen-bond donors (Lipinski definition) is 1. The third kappa shape index (κ3) is 4.84. The van der Waals surface area contributed by atoms with E-state index in [2.05, 4.69) is 10.3 Å². The maximum absolute atomic E-state index is 12.8. The largest absolute Gasteiger partial charge is 0.445 e. The molecule has 170 valence electrons. The van der Waals surface area contributed by atoms with Gasteiger partial charge in [0.05, 0.1) is 0 Å². The molecular formula is C24H30N4O4. The van der Waals surface area contributed by atoms with Crippen LogP contribution in [0.15, 0.2) is 28.7 Å². The average molecular weight is 439 g/mol. The standard InChI is InChI=1S/C24H30N4O4/c1-16(29)19-7-6-8-20(15-19)25-24(31)28-13-9-18(10-14-28)22-26-21(17(2)32-22)23(30)27-11-4-3-5-12-27/h6-8,15,18H,3-5,9-14H2,1-2H3,(H,25,31). The Morgan fingerprint density at radius 2 is 1.75 bits per heavy atom. The number of ketones is 1. The van der Waals surface area contributed by atoms with Gasteiger partial charge < -0.3 is 19.5 Å². The zero-order valence-corrected chi connectivity index (χ0v) is 18.7. The van der Waals surface area contributed by atoms with Gasteiger partial charge in [-0.15, -0.1) is 0 Å². The summed E-state index contributed by atoms with van der Waals surface area (Å²) in [5.74, 6) is 1.17. The molecule has 2 aliphatic heterocycles. The fourth-order valence-electron chi connectivity index (χ4n) is 4.38. The Bertz CT molecular complexity index is 1000. The summed E-state index contributed by atoms with van der Waals surface area (Å²) in [5, 5.41) is 2.87. The van der Waals surface area contributed by atoms with Crippen molar-refractivity contribution in [1.29, 1.82) is 0 Å². The number of nitrogens with zero attached hydrogens (tertiary/aromatic N) is 3. The first-order chi connectivity index (χ1) is 15.4. The summed E-state index contributed by atoms with van der Waals surface area (Å²) in [6.07, 6.45) is 4.68. The van der Waals surface area contributed by atoms with Crippen molar-refractivity contribution in [3.63, 3.8) is 0 Å². The molecule has 32 heavy (non-hydrogen) atoms. The van der Waals surface area contributed by atoms with Crippen LogP contribution in [0.5, 0.6) is 0 Å². The molecule has 0 radical (unpaired) electrons. The van der Waals surface area contributed by atoms with Gasteiger partial charge in [-0.05, 0) is 58.1 Å². The molecule has 3 heterocycles. The number of urea groups is 1. The van der Waals surface area contributed by atoms with E-state index in [0.29, 0.717) is 41.7 Å². The summed E-state index contributed by atoms with van der Waals surface area (Å²) < 4.78 is 5.88. The number of anilines is 1. The van der Waals surface area contributed by atoms with E-state index in [4.69, 9.17) is 4.42 Å². The maximum atomic E-state index is 12.8. The highest BCUT2D eigenvalue weighted by Gasteiger charge is 2.30. The van der Waals surface area contributed by atoms with Gasteiger partial charge in [0.2, 0.25) is 0 Å². The van der Waals surface area contributed by atoms with Crippen LogP contribution in [0.2, 0.25) is 0 Å². The van der Waals surface area contributed by atoms with E-state index in [1.807, 2.05) is 4.90 Å². The lowest BCUT2D eigenvalue weighted by Crippen LogP contribution is -2.40. The molecule has 2 fully saturated rings. The zero-order chi connectivity index (χ0) is 22.7. The van der Waals surface area contributed by atoms with Gasteiger partial charge in [-0.1, -0.05) is 12.1 Å². The van der Waals surface area contributed by atoms with Crippen molar-refractivity contribution in [1.82, 2.24) is 14.8 Å². The molecule has 4 rings (SSSR count). The molecule has 0 atom stereocenters. The summed E-state index contributed by atoms with van der Waals surface area (Å²) >= 11 is 0. The molecule has 2 saturated heterocycles. The van der Waals surface area contributed by atoms with E-state index in [9.17, 15) is 14.4 Å². The van der Waals surface area contributed by atoms with E-state index in [1.165, 1.54) is 13.3 Å². The van der Waals surface area contributed by atoms with Crippen LogP contribution in [-0.2, 0) is 0 Å². The van der Waals surface area contributed by atoms with Crippen molar-refractivity contribution in [3.05, 3.63) is 47.2 Å². The molecule has 0 aliphatic carbocycles. The molecule has 0 saturated carbocycles. The van der Waals surface area contributed by atoms with Gasteiger partial charge in [0.15, 0.2) is 17.4 Å². The third-order valence-electron chi connectivity index (χ3n) is 6.31. The number of hydrogen-bond acceptors (Lipinski definition) is 5. The first-order valence-electron chi connectivity index (χ1n) is 11.4. The summed E-state index contributed by atoms with van der Waals surface area (Å²) in [6.45, 7) is 6.00. The number of Topliss-reactive ketones (excluding diaryl/α,β-unsaturated/α-hetero) is 1. The lowest BCUT2D eigenvalue weighted by molar-refractivity contribution is 0.0717. The molecule has 2 aromatic rings. The molecule has 1 aromatic carbocycles. The Kier molecular flexibility index (Phi) is 6.58. The van der Waals surface area contributed by atoms with Crippen molar-refractivity contribution in [2.75, 3.05) is 31.5 Å². The number of likely N-dealkylation sites (tertiary alicyclic amines) is 2. The lowest BCUT2D eigenvalue weighted by atomic mass is 9.97. The highest BCUT2D eigenvalue weighted by atomic mass is 16.4. The SMILES string of the molecule is CC(=O)c1cccc(NC(=O)N2CCC(c3nc(C(=O)N4CCCCC4)c(C)o3)CC2)c1. The molecule has 8 nitrogen and oxygen atoms in total. The van der Waals surface area contributed by atoms with Crippen LogP contribution >= 0.6 is 0 Å². The molecule has 2 aliphatic rings. The van der Waals surface area contributed by atoms with E-state index in [-0.39, 0.29) is 23.6 Å². The Morgan fingerprint density at radius 3 is 2.44 bits per heavy atom. The Morgan fingerprint density at radius 1 is 1.03 bits per heavy atom. The minimum Gasteiger partial charge on any atom is -0.445 e. The normalized spacial score (nSPS) is 17.3. The summed E-state index contributed by atoms with van der Waals surface area (Å²) in [5.41, 5.74) is 1.59. The number of carbonyl (C=O) groups is 3. The Labute approximate surface area is 188 Å². The van der Waals surface area contributed by atoms with Crippen LogP contribution in [0, 0.1) is 6.92 Å². The zero-order valence-electron chi connectivity index (χ0n) is 18.7. The lowest BCUT2D eigenvalue weighted by Gasteiger charge is -2.30. The van der Waals surface area contributed by atoms with Gasteiger partial charge >= 0.3 is 6.03 Å². The number of amides is 3. The third-order valence-corrected chi connectivity index (χ3v) is 6.31. The second kappa shape index (κ2) is 9.54. The first-order valence-corrected chi connectivity index (χ1v) is 11.4. The molecule has 0 spiro atoms. The predicted molar refractivity (Wildman–Crippen MR) is 120 cm³/mol. The van der Waals surface area contributed by atoms with Crippen LogP contribution in [0.1, 0.15) is 77.4 Å². The van der Waals surface area contributed by atoms with Gasteiger partial charge in [0.25, 0.3) is 5.91 Å². The van der Waals surface area contributed by atoms with Crippen LogP contribution in [-0.4, -0.2) is 58.7 Å². The fourth-order valence-corrected chi connectivity index (χ4v) is 4.38. The van der Waals surface area contributed by atoms with Crippen LogP contribution in [0.4, 0.5) is 10.5 Å². The van der Waals surface area contributed by atoms with E-state index in [1.54, 1.807) is 36.1 Å². The van der Waals surface area contributed by atoms with E-state index >= 15 is 0 Å². The molecule has 1 aromatic heterocycles. The number of benzene rings is 1. The summed E-state index contributed by atoms with van der Waals surface area (Å²) in [6, 6.07) is 6.75. The van der Waals surface area contributed by atoms with Crippen LogP contribution in [0.3, 0.4) is 0 Å². The summed E-state index contributed by atoms with van der Waals surface area (Å²) in [7, 11) is 0. The number of aromatic nitrogens is 1. The van der Waals surface area contributed by atoms with E-state index in [0.717, 1.165) is 38.8 Å². The van der Waals surface area contributed by atoms with Crippen molar-refractivity contribution in [3.8, 4) is 0 Å². The van der Waals surface area contributed by atoms with Gasteiger partial charge in [0.1, 0.15) is 5.76 Å². The van der Waals surface area contributed by atoms with Crippen molar-refractivity contribution < 1.29 is 18.8 Å². The minimum atomic E-state index is -0.186. The minimum absolute atomic E-state index is 0.0400. The number of oxazole rings is 1. The van der Waals surface area contributed by atoms with Crippen molar-refractivity contribution in [2.24, 2.45) is 0 Å². The number of piperidine rings is 2. The highest BCUT2D eigenvalue weighted by Crippen LogP contribution is 2.30. The molecule has 1 N–H and O–H groups in total. The average Bonchev–Trinajstić information content (AvgIpc) is 3.21. The summed E-state index contributed by atoms with van der Waals surface area (Å²) in [4.78, 5) is 45.2. The van der Waals surface area contributed by atoms with Gasteiger partial charge in [-0.3, -0.25) is 9.59 Å². The molecule has 0 unspecified atom stereocenters. The van der Waals surface area contributed by atoms with Crippen molar-refractivity contribution >= 4 is 23.4 Å². The Balaban J connectivity index is 1.34. The number of nitrogens with one attached hydrogen (secondary N) is 1.